The Kier molecular flexibility index (Phi) is 5.05. The van der Waals surface area contributed by atoms with Crippen molar-refractivity contribution in [3.63, 3.8) is 0 Å². The Morgan fingerprint density at radius 1 is 1.53 bits per heavy atom. The first kappa shape index (κ1) is 13.1. The molecule has 4 nitrogen and oxygen atoms in total. The first-order valence-electron chi connectivity index (χ1n) is 5.10. The lowest BCUT2D eigenvalue weighted by molar-refractivity contribution is 0.0696. The van der Waals surface area contributed by atoms with Crippen molar-refractivity contribution in [2.24, 2.45) is 0 Å². The zero-order valence-electron chi connectivity index (χ0n) is 9.60. The first-order valence-corrected chi connectivity index (χ1v) is 5.10. The van der Waals surface area contributed by atoms with Gasteiger partial charge in [-0.2, -0.15) is 0 Å². The summed E-state index contributed by atoms with van der Waals surface area (Å²) >= 11 is 0. The molecule has 0 heterocycles. The number of aromatic carboxylic acids is 1. The van der Waals surface area contributed by atoms with Gasteiger partial charge < -0.3 is 14.6 Å². The molecule has 90 valence electrons. The minimum absolute atomic E-state index is 0.210. The zero-order valence-corrected chi connectivity index (χ0v) is 9.60. The molecule has 0 amide bonds. The van der Waals surface area contributed by atoms with Crippen LogP contribution in [0.25, 0.3) is 0 Å². The largest absolute Gasteiger partial charge is 0.496 e. The van der Waals surface area contributed by atoms with Gasteiger partial charge in [0.1, 0.15) is 5.75 Å². The lowest BCUT2D eigenvalue weighted by Gasteiger charge is -2.09. The molecule has 0 saturated carbocycles. The van der Waals surface area contributed by atoms with E-state index in [2.05, 4.69) is 5.92 Å². The Morgan fingerprint density at radius 2 is 2.29 bits per heavy atom. The average molecular weight is 234 g/mol. The van der Waals surface area contributed by atoms with Gasteiger partial charge in [-0.15, -0.1) is 12.3 Å². The lowest BCUT2D eigenvalue weighted by Crippen LogP contribution is -2.02. The molecule has 1 rings (SSSR count). The minimum Gasteiger partial charge on any atom is -0.496 e. The molecule has 4 heteroatoms. The molecule has 0 fully saturated rings. The maximum atomic E-state index is 10.8. The third-order valence-electron chi connectivity index (χ3n) is 2.18. The topological polar surface area (TPSA) is 55.8 Å². The number of rotatable bonds is 6. The minimum atomic E-state index is -0.975. The van der Waals surface area contributed by atoms with Crippen LogP contribution < -0.4 is 4.74 Å². The van der Waals surface area contributed by atoms with Gasteiger partial charge >= 0.3 is 5.97 Å². The van der Waals surface area contributed by atoms with Crippen LogP contribution in [0.15, 0.2) is 18.2 Å². The number of hydrogen-bond acceptors (Lipinski definition) is 3. The maximum Gasteiger partial charge on any atom is 0.335 e. The highest BCUT2D eigenvalue weighted by atomic mass is 16.5. The molecule has 0 aliphatic rings. The van der Waals surface area contributed by atoms with Gasteiger partial charge in [0.25, 0.3) is 0 Å². The Labute approximate surface area is 100 Å². The molecule has 0 saturated heterocycles. The monoisotopic (exact) mass is 234 g/mol. The van der Waals surface area contributed by atoms with Crippen molar-refractivity contribution in [2.45, 2.75) is 13.0 Å². The van der Waals surface area contributed by atoms with E-state index in [0.717, 1.165) is 0 Å². The number of carboxylic acids is 1. The van der Waals surface area contributed by atoms with Crippen molar-refractivity contribution in [3.05, 3.63) is 29.3 Å². The Bertz CT molecular complexity index is 432. The fourth-order valence-corrected chi connectivity index (χ4v) is 1.34. The lowest BCUT2D eigenvalue weighted by atomic mass is 10.1. The van der Waals surface area contributed by atoms with Crippen LogP contribution in [0, 0.1) is 12.3 Å². The summed E-state index contributed by atoms with van der Waals surface area (Å²) in [6.07, 6.45) is 5.62. The van der Waals surface area contributed by atoms with E-state index in [1.54, 1.807) is 6.07 Å². The molecule has 0 aliphatic carbocycles. The van der Waals surface area contributed by atoms with Gasteiger partial charge in [-0.25, -0.2) is 4.79 Å². The van der Waals surface area contributed by atoms with Crippen LogP contribution in [0.1, 0.15) is 22.3 Å². The van der Waals surface area contributed by atoms with E-state index in [-0.39, 0.29) is 12.2 Å². The third-order valence-corrected chi connectivity index (χ3v) is 2.18. The first-order chi connectivity index (χ1) is 8.19. The van der Waals surface area contributed by atoms with Gasteiger partial charge in [0.15, 0.2) is 0 Å². The third kappa shape index (κ3) is 3.82. The standard InChI is InChI=1S/C13H14O4/c1-3-4-7-17-9-11-8-10(13(14)15)5-6-12(11)16-2/h1,5-6,8H,4,7,9H2,2H3,(H,14,15). The fourth-order valence-electron chi connectivity index (χ4n) is 1.34. The summed E-state index contributed by atoms with van der Waals surface area (Å²) in [5.74, 6) is 2.09. The molecule has 0 bridgehead atoms. The van der Waals surface area contributed by atoms with Crippen molar-refractivity contribution in [1.82, 2.24) is 0 Å². The molecule has 0 unspecified atom stereocenters. The highest BCUT2D eigenvalue weighted by Crippen LogP contribution is 2.20. The van der Waals surface area contributed by atoms with Gasteiger partial charge in [0, 0.05) is 12.0 Å². The number of carbonyl (C=O) groups is 1. The molecule has 1 N–H and O–H groups in total. The van der Waals surface area contributed by atoms with Gasteiger partial charge in [0.2, 0.25) is 0 Å². The summed E-state index contributed by atoms with van der Waals surface area (Å²) in [6.45, 7) is 0.725. The number of terminal acetylenes is 1. The van der Waals surface area contributed by atoms with Crippen LogP contribution in [0.2, 0.25) is 0 Å². The van der Waals surface area contributed by atoms with Crippen LogP contribution >= 0.6 is 0 Å². The van der Waals surface area contributed by atoms with Crippen molar-refractivity contribution in [1.29, 1.82) is 0 Å². The van der Waals surface area contributed by atoms with E-state index in [0.29, 0.717) is 24.3 Å². The number of benzene rings is 1. The van der Waals surface area contributed by atoms with E-state index in [9.17, 15) is 4.79 Å². The van der Waals surface area contributed by atoms with Gasteiger partial charge in [-0.3, -0.25) is 0 Å². The van der Waals surface area contributed by atoms with Gasteiger partial charge in [-0.1, -0.05) is 0 Å². The van der Waals surface area contributed by atoms with Crippen molar-refractivity contribution in [2.75, 3.05) is 13.7 Å². The summed E-state index contributed by atoms with van der Waals surface area (Å²) in [6, 6.07) is 4.65. The average Bonchev–Trinajstić information content (AvgIpc) is 2.34. The molecule has 0 radical (unpaired) electrons. The highest BCUT2D eigenvalue weighted by molar-refractivity contribution is 5.88. The van der Waals surface area contributed by atoms with Crippen LogP contribution in [0.4, 0.5) is 0 Å². The Morgan fingerprint density at radius 3 is 2.88 bits per heavy atom. The van der Waals surface area contributed by atoms with E-state index in [1.165, 1.54) is 19.2 Å². The van der Waals surface area contributed by atoms with Crippen molar-refractivity contribution >= 4 is 5.97 Å². The molecule has 17 heavy (non-hydrogen) atoms. The van der Waals surface area contributed by atoms with Crippen molar-refractivity contribution < 1.29 is 19.4 Å². The summed E-state index contributed by atoms with van der Waals surface area (Å²) in [5, 5.41) is 8.87. The maximum absolute atomic E-state index is 10.8. The van der Waals surface area contributed by atoms with E-state index in [4.69, 9.17) is 21.0 Å². The Balaban J connectivity index is 2.76. The van der Waals surface area contributed by atoms with E-state index >= 15 is 0 Å². The quantitative estimate of drug-likeness (QED) is 0.603. The second-order valence-corrected chi connectivity index (χ2v) is 3.34. The van der Waals surface area contributed by atoms with Crippen molar-refractivity contribution in [3.8, 4) is 18.1 Å². The number of hydrogen-bond donors (Lipinski definition) is 1. The fraction of sp³-hybridized carbons (Fsp3) is 0.308. The number of ether oxygens (including phenoxy) is 2. The molecular formula is C13H14O4. The normalized spacial score (nSPS) is 9.65. The van der Waals surface area contributed by atoms with Gasteiger partial charge in [0.05, 0.1) is 25.9 Å². The molecule has 0 spiro atoms. The zero-order chi connectivity index (χ0) is 12.7. The molecule has 1 aromatic carbocycles. The van der Waals surface area contributed by atoms with E-state index < -0.39 is 5.97 Å². The predicted molar refractivity (Wildman–Crippen MR) is 63.1 cm³/mol. The second kappa shape index (κ2) is 6.56. The van der Waals surface area contributed by atoms with E-state index in [1.807, 2.05) is 0 Å². The summed E-state index contributed by atoms with van der Waals surface area (Å²) < 4.78 is 10.4. The highest BCUT2D eigenvalue weighted by Gasteiger charge is 2.08. The molecule has 1 aromatic rings. The van der Waals surface area contributed by atoms with Crippen LogP contribution in [-0.2, 0) is 11.3 Å². The smallest absolute Gasteiger partial charge is 0.335 e. The molecular weight excluding hydrogens is 220 g/mol. The van der Waals surface area contributed by atoms with Gasteiger partial charge in [-0.05, 0) is 18.2 Å². The SMILES string of the molecule is C#CCCOCc1cc(C(=O)O)ccc1OC. The number of carboxylic acid groups (broad SMARTS) is 1. The summed E-state index contributed by atoms with van der Waals surface area (Å²) in [5.41, 5.74) is 0.908. The molecule has 0 atom stereocenters. The number of methoxy groups -OCH3 is 1. The van der Waals surface area contributed by atoms with Crippen LogP contribution in [0.5, 0.6) is 5.75 Å². The molecule has 0 aromatic heterocycles. The van der Waals surface area contributed by atoms with Crippen LogP contribution in [-0.4, -0.2) is 24.8 Å². The second-order valence-electron chi connectivity index (χ2n) is 3.34. The Hall–Kier alpha value is -1.99. The predicted octanol–water partition coefficient (Wildman–Crippen LogP) is 1.93. The van der Waals surface area contributed by atoms with Crippen LogP contribution in [0.3, 0.4) is 0 Å². The molecule has 0 aliphatic heterocycles. The summed E-state index contributed by atoms with van der Waals surface area (Å²) in [4.78, 5) is 10.8. The summed E-state index contributed by atoms with van der Waals surface area (Å²) in [7, 11) is 1.53.